The van der Waals surface area contributed by atoms with E-state index in [1.165, 1.54) is 49.6 Å². The zero-order valence-electron chi connectivity index (χ0n) is 16.6. The van der Waals surface area contributed by atoms with Gasteiger partial charge in [0.15, 0.2) is 18.2 Å². The smallest absolute Gasteiger partial charge is 0.265 e. The fraction of sp³-hybridized carbons (Fsp3) is 0.0952. The van der Waals surface area contributed by atoms with Crippen LogP contribution < -0.4 is 19.5 Å². The first-order valence-electron chi connectivity index (χ1n) is 9.02. The summed E-state index contributed by atoms with van der Waals surface area (Å²) in [6.07, 6.45) is 0. The first kappa shape index (κ1) is 23.3. The number of rotatable bonds is 8. The number of amides is 1. The molecule has 0 unspecified atom stereocenters. The Morgan fingerprint density at radius 2 is 1.62 bits per heavy atom. The first-order chi connectivity index (χ1) is 15.2. The lowest BCUT2D eigenvalue weighted by atomic mass is 10.3. The summed E-state index contributed by atoms with van der Waals surface area (Å²) in [4.78, 5) is 11.9. The number of ether oxygens (including phenoxy) is 2. The number of sulfonamides is 1. The van der Waals surface area contributed by atoms with Gasteiger partial charge < -0.3 is 14.8 Å². The molecule has 0 saturated carbocycles. The highest BCUT2D eigenvalue weighted by atomic mass is 35.5. The Bertz CT molecular complexity index is 1240. The van der Waals surface area contributed by atoms with E-state index in [0.717, 1.165) is 12.1 Å². The largest absolute Gasteiger partial charge is 0.495 e. The molecule has 0 radical (unpaired) electrons. The van der Waals surface area contributed by atoms with Crippen LogP contribution in [0.25, 0.3) is 0 Å². The number of carbonyl (C=O) groups is 1. The fourth-order valence-corrected chi connectivity index (χ4v) is 4.01. The Morgan fingerprint density at radius 3 is 2.28 bits per heavy atom. The van der Waals surface area contributed by atoms with Crippen molar-refractivity contribution in [2.75, 3.05) is 23.8 Å². The van der Waals surface area contributed by atoms with E-state index in [4.69, 9.17) is 21.1 Å². The number of carbonyl (C=O) groups excluding carboxylic acids is 1. The third-order valence-electron chi connectivity index (χ3n) is 4.09. The van der Waals surface area contributed by atoms with Crippen molar-refractivity contribution < 1.29 is 31.5 Å². The highest BCUT2D eigenvalue weighted by Gasteiger charge is 2.21. The zero-order valence-corrected chi connectivity index (χ0v) is 18.1. The van der Waals surface area contributed by atoms with Gasteiger partial charge in [-0.15, -0.1) is 0 Å². The normalized spacial score (nSPS) is 11.0. The van der Waals surface area contributed by atoms with Crippen LogP contribution in [0.2, 0.25) is 5.02 Å². The number of hydrogen-bond donors (Lipinski definition) is 2. The van der Waals surface area contributed by atoms with Gasteiger partial charge in [-0.05, 0) is 54.6 Å². The van der Waals surface area contributed by atoms with E-state index in [9.17, 15) is 22.0 Å². The van der Waals surface area contributed by atoms with Gasteiger partial charge in [-0.2, -0.15) is 0 Å². The number of halogens is 3. The Labute approximate surface area is 188 Å². The summed E-state index contributed by atoms with van der Waals surface area (Å²) < 4.78 is 64.8. The lowest BCUT2D eigenvalue weighted by molar-refractivity contribution is -0.118. The Balaban J connectivity index is 1.74. The summed E-state index contributed by atoms with van der Waals surface area (Å²) in [5, 5.41) is 2.90. The van der Waals surface area contributed by atoms with E-state index in [-0.39, 0.29) is 27.8 Å². The van der Waals surface area contributed by atoms with E-state index in [1.807, 2.05) is 0 Å². The summed E-state index contributed by atoms with van der Waals surface area (Å²) >= 11 is 5.81. The lowest BCUT2D eigenvalue weighted by Gasteiger charge is -2.14. The van der Waals surface area contributed by atoms with Gasteiger partial charge in [0.25, 0.3) is 15.9 Å². The molecule has 3 aromatic rings. The summed E-state index contributed by atoms with van der Waals surface area (Å²) in [6, 6.07) is 12.7. The van der Waals surface area contributed by atoms with Crippen molar-refractivity contribution >= 4 is 38.9 Å². The highest BCUT2D eigenvalue weighted by Crippen LogP contribution is 2.29. The van der Waals surface area contributed by atoms with Crippen molar-refractivity contribution in [3.8, 4) is 11.5 Å². The Hall–Kier alpha value is -3.37. The molecule has 7 nitrogen and oxygen atoms in total. The van der Waals surface area contributed by atoms with Crippen molar-refractivity contribution in [1.82, 2.24) is 0 Å². The first-order valence-corrected chi connectivity index (χ1v) is 10.9. The average Bonchev–Trinajstić information content (AvgIpc) is 2.74. The fourth-order valence-electron chi connectivity index (χ4n) is 2.63. The molecule has 3 aromatic carbocycles. The molecule has 0 aliphatic heterocycles. The maximum Gasteiger partial charge on any atom is 0.265 e. The molecule has 0 fully saturated rings. The molecule has 0 aromatic heterocycles. The molecular formula is C21H17ClF2N2O5S. The molecule has 0 heterocycles. The molecule has 0 bridgehead atoms. The van der Waals surface area contributed by atoms with Crippen LogP contribution in [0.1, 0.15) is 0 Å². The number of hydrogen-bond acceptors (Lipinski definition) is 5. The van der Waals surface area contributed by atoms with Crippen LogP contribution >= 0.6 is 11.6 Å². The van der Waals surface area contributed by atoms with Crippen LogP contribution in [0.4, 0.5) is 20.2 Å². The minimum absolute atomic E-state index is 0.0501. The van der Waals surface area contributed by atoms with E-state index in [1.54, 1.807) is 0 Å². The van der Waals surface area contributed by atoms with E-state index in [0.29, 0.717) is 11.1 Å². The molecular weight excluding hydrogens is 466 g/mol. The van der Waals surface area contributed by atoms with Crippen molar-refractivity contribution in [2.45, 2.75) is 4.90 Å². The number of anilines is 2. The van der Waals surface area contributed by atoms with Gasteiger partial charge in [-0.1, -0.05) is 11.6 Å². The predicted octanol–water partition coefficient (Wildman–Crippen LogP) is 4.45. The van der Waals surface area contributed by atoms with Crippen molar-refractivity contribution in [1.29, 1.82) is 0 Å². The molecule has 0 aliphatic carbocycles. The van der Waals surface area contributed by atoms with E-state index < -0.39 is 34.2 Å². The number of methoxy groups -OCH3 is 1. The van der Waals surface area contributed by atoms with Gasteiger partial charge in [0, 0.05) is 22.5 Å². The van der Waals surface area contributed by atoms with Crippen LogP contribution in [0.3, 0.4) is 0 Å². The van der Waals surface area contributed by atoms with Crippen molar-refractivity contribution in [3.05, 3.63) is 77.3 Å². The standard InChI is InChI=1S/C21H17ClF2N2O5S/c1-30-19-9-7-16(25-21(27)12-31-18-8-4-14(23)10-17(18)24)11-20(19)32(28,29)26-15-5-2-13(22)3-6-15/h2-11,26H,12H2,1H3,(H,25,27). The molecule has 3 rings (SSSR count). The van der Waals surface area contributed by atoms with Gasteiger partial charge >= 0.3 is 0 Å². The topological polar surface area (TPSA) is 93.7 Å². The van der Waals surface area contributed by atoms with E-state index >= 15 is 0 Å². The van der Waals surface area contributed by atoms with Crippen LogP contribution in [0.15, 0.2) is 65.6 Å². The second kappa shape index (κ2) is 9.84. The third-order valence-corrected chi connectivity index (χ3v) is 5.74. The third kappa shape index (κ3) is 5.86. The molecule has 0 spiro atoms. The van der Waals surface area contributed by atoms with Crippen LogP contribution in [0.5, 0.6) is 11.5 Å². The maximum atomic E-state index is 13.6. The minimum atomic E-state index is -4.08. The number of benzene rings is 3. The minimum Gasteiger partial charge on any atom is -0.495 e. The SMILES string of the molecule is COc1ccc(NC(=O)COc2ccc(F)cc2F)cc1S(=O)(=O)Nc1ccc(Cl)cc1. The predicted molar refractivity (Wildman–Crippen MR) is 116 cm³/mol. The van der Waals surface area contributed by atoms with Gasteiger partial charge in [0.2, 0.25) is 0 Å². The van der Waals surface area contributed by atoms with Crippen molar-refractivity contribution in [3.63, 3.8) is 0 Å². The summed E-state index contributed by atoms with van der Waals surface area (Å²) in [5.74, 6) is -2.67. The van der Waals surface area contributed by atoms with E-state index in [2.05, 4.69) is 10.0 Å². The monoisotopic (exact) mass is 482 g/mol. The maximum absolute atomic E-state index is 13.6. The van der Waals surface area contributed by atoms with Crippen LogP contribution in [0, 0.1) is 11.6 Å². The molecule has 0 aliphatic rings. The lowest BCUT2D eigenvalue weighted by Crippen LogP contribution is -2.21. The van der Waals surface area contributed by atoms with Crippen LogP contribution in [-0.2, 0) is 14.8 Å². The second-order valence-electron chi connectivity index (χ2n) is 6.39. The Morgan fingerprint density at radius 1 is 0.969 bits per heavy atom. The average molecular weight is 483 g/mol. The van der Waals surface area contributed by atoms with Gasteiger partial charge in [0.05, 0.1) is 7.11 Å². The zero-order chi connectivity index (χ0) is 23.3. The number of nitrogens with one attached hydrogen (secondary N) is 2. The highest BCUT2D eigenvalue weighted by molar-refractivity contribution is 7.92. The summed E-state index contributed by atoms with van der Waals surface area (Å²) in [6.45, 7) is -0.584. The molecule has 0 atom stereocenters. The molecule has 2 N–H and O–H groups in total. The molecule has 168 valence electrons. The van der Waals surface area contributed by atoms with Gasteiger partial charge in [0.1, 0.15) is 16.5 Å². The molecule has 32 heavy (non-hydrogen) atoms. The Kier molecular flexibility index (Phi) is 7.16. The van der Waals surface area contributed by atoms with Crippen LogP contribution in [-0.4, -0.2) is 28.0 Å². The van der Waals surface area contributed by atoms with Gasteiger partial charge in [-0.3, -0.25) is 9.52 Å². The van der Waals surface area contributed by atoms with Crippen molar-refractivity contribution in [2.24, 2.45) is 0 Å². The second-order valence-corrected chi connectivity index (χ2v) is 8.48. The summed E-state index contributed by atoms with van der Waals surface area (Å²) in [5.41, 5.74) is 0.413. The molecule has 11 heteroatoms. The summed E-state index contributed by atoms with van der Waals surface area (Å²) in [7, 11) is -2.77. The molecule has 1 amide bonds. The molecule has 0 saturated heterocycles. The van der Waals surface area contributed by atoms with Gasteiger partial charge in [-0.25, -0.2) is 17.2 Å². The quantitative estimate of drug-likeness (QED) is 0.495.